The minimum atomic E-state index is -0.351. The summed E-state index contributed by atoms with van der Waals surface area (Å²) in [6.07, 6.45) is 3.40. The lowest BCUT2D eigenvalue weighted by Crippen LogP contribution is -2.39. The second-order valence-corrected chi connectivity index (χ2v) is 5.31. The maximum atomic E-state index is 12.3. The normalized spacial score (nSPS) is 16.8. The molecule has 4 heteroatoms. The summed E-state index contributed by atoms with van der Waals surface area (Å²) < 4.78 is 5.70. The Labute approximate surface area is 119 Å². The lowest BCUT2D eigenvalue weighted by atomic mass is 10.1. The molecule has 1 atom stereocenters. The average Bonchev–Trinajstić information content (AvgIpc) is 2.86. The van der Waals surface area contributed by atoms with Gasteiger partial charge in [-0.15, -0.1) is 11.6 Å². The van der Waals surface area contributed by atoms with E-state index in [0.717, 1.165) is 37.1 Å². The van der Waals surface area contributed by atoms with Gasteiger partial charge in [0.15, 0.2) is 6.10 Å². The van der Waals surface area contributed by atoms with E-state index in [0.29, 0.717) is 12.3 Å². The second kappa shape index (κ2) is 6.80. The molecule has 0 fully saturated rings. The SMILES string of the molecule is CN(CCCCCCl)C(=O)C1Cc2ccccc2O1. The van der Waals surface area contributed by atoms with Crippen LogP contribution in [0.5, 0.6) is 5.75 Å². The molecule has 0 aliphatic carbocycles. The monoisotopic (exact) mass is 281 g/mol. The van der Waals surface area contributed by atoms with Crippen molar-refractivity contribution in [3.8, 4) is 5.75 Å². The summed E-state index contributed by atoms with van der Waals surface area (Å²) in [7, 11) is 1.84. The van der Waals surface area contributed by atoms with Crippen LogP contribution in [0.1, 0.15) is 24.8 Å². The molecule has 0 saturated carbocycles. The predicted octanol–water partition coefficient (Wildman–Crippen LogP) is 2.86. The maximum absolute atomic E-state index is 12.3. The molecule has 19 heavy (non-hydrogen) atoms. The van der Waals surface area contributed by atoms with Gasteiger partial charge in [0.05, 0.1) is 0 Å². The summed E-state index contributed by atoms with van der Waals surface area (Å²) in [6, 6.07) is 7.85. The first kappa shape index (κ1) is 14.2. The lowest BCUT2D eigenvalue weighted by molar-refractivity contribution is -0.136. The Hall–Kier alpha value is -1.22. The van der Waals surface area contributed by atoms with Gasteiger partial charge in [-0.1, -0.05) is 24.6 Å². The number of hydrogen-bond donors (Lipinski definition) is 0. The average molecular weight is 282 g/mol. The van der Waals surface area contributed by atoms with Gasteiger partial charge in [0.2, 0.25) is 0 Å². The van der Waals surface area contributed by atoms with Crippen LogP contribution in [-0.4, -0.2) is 36.4 Å². The maximum Gasteiger partial charge on any atom is 0.263 e. The van der Waals surface area contributed by atoms with Crippen LogP contribution >= 0.6 is 11.6 Å². The number of para-hydroxylation sites is 1. The lowest BCUT2D eigenvalue weighted by Gasteiger charge is -2.20. The Bertz CT molecular complexity index is 411. The number of amides is 1. The summed E-state index contributed by atoms with van der Waals surface area (Å²) in [5.41, 5.74) is 1.12. The van der Waals surface area contributed by atoms with Crippen molar-refractivity contribution in [2.45, 2.75) is 31.8 Å². The number of unbranched alkanes of at least 4 members (excludes halogenated alkanes) is 2. The van der Waals surface area contributed by atoms with Crippen LogP contribution in [-0.2, 0) is 11.2 Å². The summed E-state index contributed by atoms with van der Waals surface area (Å²) in [4.78, 5) is 14.0. The number of halogens is 1. The molecule has 0 aromatic heterocycles. The molecule has 0 N–H and O–H groups in total. The van der Waals surface area contributed by atoms with Crippen molar-refractivity contribution < 1.29 is 9.53 Å². The molecule has 1 aliphatic heterocycles. The molecule has 0 radical (unpaired) electrons. The summed E-state index contributed by atoms with van der Waals surface area (Å²) in [5, 5.41) is 0. The highest BCUT2D eigenvalue weighted by Crippen LogP contribution is 2.28. The van der Waals surface area contributed by atoms with Gasteiger partial charge in [-0.25, -0.2) is 0 Å². The number of carbonyl (C=O) groups is 1. The van der Waals surface area contributed by atoms with Crippen molar-refractivity contribution in [3.05, 3.63) is 29.8 Å². The fourth-order valence-electron chi connectivity index (χ4n) is 2.30. The van der Waals surface area contributed by atoms with Crippen LogP contribution in [0.25, 0.3) is 0 Å². The van der Waals surface area contributed by atoms with Crippen LogP contribution in [0.3, 0.4) is 0 Å². The molecule has 0 spiro atoms. The number of ether oxygens (including phenoxy) is 1. The van der Waals surface area contributed by atoms with Gasteiger partial charge in [-0.3, -0.25) is 4.79 Å². The molecule has 1 aromatic carbocycles. The first-order valence-corrected chi connectivity index (χ1v) is 7.31. The molecule has 0 saturated heterocycles. The number of nitrogens with zero attached hydrogens (tertiary/aromatic N) is 1. The molecule has 1 aromatic rings. The van der Waals surface area contributed by atoms with Gasteiger partial charge >= 0.3 is 0 Å². The number of rotatable bonds is 6. The van der Waals surface area contributed by atoms with Crippen molar-refractivity contribution >= 4 is 17.5 Å². The molecule has 2 rings (SSSR count). The third kappa shape index (κ3) is 3.63. The summed E-state index contributed by atoms with van der Waals surface area (Å²) in [5.74, 6) is 1.61. The quantitative estimate of drug-likeness (QED) is 0.593. The van der Waals surface area contributed by atoms with Gasteiger partial charge in [0.25, 0.3) is 5.91 Å². The fraction of sp³-hybridized carbons (Fsp3) is 0.533. The van der Waals surface area contributed by atoms with E-state index < -0.39 is 0 Å². The first-order valence-electron chi connectivity index (χ1n) is 6.78. The van der Waals surface area contributed by atoms with Gasteiger partial charge in [0.1, 0.15) is 5.75 Å². The molecule has 1 unspecified atom stereocenters. The number of carbonyl (C=O) groups excluding carboxylic acids is 1. The standard InChI is InChI=1S/C15H20ClNO2/c1-17(10-6-2-5-9-16)15(18)14-11-12-7-3-4-8-13(12)19-14/h3-4,7-8,14H,2,5-6,9-11H2,1H3. The van der Waals surface area contributed by atoms with Crippen LogP contribution in [0, 0.1) is 0 Å². The number of likely N-dealkylation sites (N-methyl/N-ethyl adjacent to an activating group) is 1. The van der Waals surface area contributed by atoms with Gasteiger partial charge in [-0.05, 0) is 24.5 Å². The zero-order valence-electron chi connectivity index (χ0n) is 11.3. The molecular weight excluding hydrogens is 262 g/mol. The third-order valence-electron chi connectivity index (χ3n) is 3.43. The van der Waals surface area contributed by atoms with Gasteiger partial charge < -0.3 is 9.64 Å². The smallest absolute Gasteiger partial charge is 0.263 e. The highest BCUT2D eigenvalue weighted by Gasteiger charge is 2.30. The van der Waals surface area contributed by atoms with Crippen molar-refractivity contribution in [3.63, 3.8) is 0 Å². The Balaban J connectivity index is 1.81. The molecule has 104 valence electrons. The second-order valence-electron chi connectivity index (χ2n) is 4.93. The largest absolute Gasteiger partial charge is 0.480 e. The van der Waals surface area contributed by atoms with E-state index in [4.69, 9.17) is 16.3 Å². The fourth-order valence-corrected chi connectivity index (χ4v) is 2.49. The van der Waals surface area contributed by atoms with Crippen molar-refractivity contribution in [1.29, 1.82) is 0 Å². The van der Waals surface area contributed by atoms with Gasteiger partial charge in [0, 0.05) is 25.9 Å². The van der Waals surface area contributed by atoms with Crippen LogP contribution in [0.2, 0.25) is 0 Å². The van der Waals surface area contributed by atoms with Crippen molar-refractivity contribution in [1.82, 2.24) is 4.90 Å². The molecule has 1 aliphatic rings. The highest BCUT2D eigenvalue weighted by atomic mass is 35.5. The van der Waals surface area contributed by atoms with Crippen LogP contribution in [0.4, 0.5) is 0 Å². The minimum Gasteiger partial charge on any atom is -0.480 e. The number of benzene rings is 1. The van der Waals surface area contributed by atoms with Crippen LogP contribution < -0.4 is 4.74 Å². The minimum absolute atomic E-state index is 0.0714. The predicted molar refractivity (Wildman–Crippen MR) is 76.8 cm³/mol. The van der Waals surface area contributed by atoms with Gasteiger partial charge in [-0.2, -0.15) is 0 Å². The number of fused-ring (bicyclic) bond motifs is 1. The van der Waals surface area contributed by atoms with E-state index in [2.05, 4.69) is 0 Å². The summed E-state index contributed by atoms with van der Waals surface area (Å²) in [6.45, 7) is 0.770. The zero-order chi connectivity index (χ0) is 13.7. The number of hydrogen-bond acceptors (Lipinski definition) is 2. The molecule has 3 nitrogen and oxygen atoms in total. The third-order valence-corrected chi connectivity index (χ3v) is 3.69. The van der Waals surface area contributed by atoms with Crippen LogP contribution in [0.15, 0.2) is 24.3 Å². The van der Waals surface area contributed by atoms with Crippen molar-refractivity contribution in [2.75, 3.05) is 19.5 Å². The van der Waals surface area contributed by atoms with E-state index >= 15 is 0 Å². The Morgan fingerprint density at radius 2 is 2.16 bits per heavy atom. The highest BCUT2D eigenvalue weighted by molar-refractivity contribution is 6.17. The zero-order valence-corrected chi connectivity index (χ0v) is 12.0. The Morgan fingerprint density at radius 3 is 2.89 bits per heavy atom. The van der Waals surface area contributed by atoms with E-state index in [9.17, 15) is 4.79 Å². The molecular formula is C15H20ClNO2. The Morgan fingerprint density at radius 1 is 1.37 bits per heavy atom. The Kier molecular flexibility index (Phi) is 5.08. The van der Waals surface area contributed by atoms with E-state index in [-0.39, 0.29) is 12.0 Å². The van der Waals surface area contributed by atoms with Crippen molar-refractivity contribution in [2.24, 2.45) is 0 Å². The molecule has 1 amide bonds. The first-order chi connectivity index (χ1) is 9.22. The van der Waals surface area contributed by atoms with E-state index in [1.54, 1.807) is 4.90 Å². The summed E-state index contributed by atoms with van der Waals surface area (Å²) >= 11 is 5.63. The molecule has 1 heterocycles. The number of alkyl halides is 1. The van der Waals surface area contributed by atoms with E-state index in [1.807, 2.05) is 31.3 Å². The van der Waals surface area contributed by atoms with E-state index in [1.165, 1.54) is 0 Å². The topological polar surface area (TPSA) is 29.5 Å². The molecule has 0 bridgehead atoms.